The summed E-state index contributed by atoms with van der Waals surface area (Å²) in [5.74, 6) is -2.30. The van der Waals surface area contributed by atoms with Gasteiger partial charge < -0.3 is 15.7 Å². The molecule has 0 aliphatic carbocycles. The molecule has 3 N–H and O–H groups in total. The highest BCUT2D eigenvalue weighted by Gasteiger charge is 2.13. The Kier molecular flexibility index (Phi) is 3.82. The minimum atomic E-state index is -1.12. The molecule has 0 aromatic heterocycles. The van der Waals surface area contributed by atoms with Crippen molar-refractivity contribution in [3.63, 3.8) is 0 Å². The fourth-order valence-electron chi connectivity index (χ4n) is 1.26. The zero-order valence-electron chi connectivity index (χ0n) is 8.39. The van der Waals surface area contributed by atoms with E-state index in [9.17, 15) is 14.0 Å². The molecule has 0 unspecified atom stereocenters. The number of anilines is 1. The summed E-state index contributed by atoms with van der Waals surface area (Å²) < 4.78 is 12.9. The first-order chi connectivity index (χ1) is 7.49. The topological polar surface area (TPSA) is 83.6 Å². The van der Waals surface area contributed by atoms with Crippen LogP contribution in [0.1, 0.15) is 0 Å². The molecule has 1 aromatic rings. The third-order valence-corrected chi connectivity index (χ3v) is 1.85. The largest absolute Gasteiger partial charge is 0.480 e. The number of hydrogen-bond acceptors (Lipinski definition) is 3. The van der Waals surface area contributed by atoms with E-state index < -0.39 is 24.2 Å². The van der Waals surface area contributed by atoms with Gasteiger partial charge in [0.2, 0.25) is 5.91 Å². The lowest BCUT2D eigenvalue weighted by Gasteiger charge is -2.20. The third-order valence-electron chi connectivity index (χ3n) is 1.85. The van der Waals surface area contributed by atoms with Crippen LogP contribution in [0.2, 0.25) is 0 Å². The Morgan fingerprint density at radius 3 is 2.56 bits per heavy atom. The van der Waals surface area contributed by atoms with Crippen molar-refractivity contribution >= 4 is 17.6 Å². The van der Waals surface area contributed by atoms with E-state index in [0.717, 1.165) is 6.07 Å². The van der Waals surface area contributed by atoms with Crippen molar-refractivity contribution in [3.8, 4) is 0 Å². The van der Waals surface area contributed by atoms with E-state index in [4.69, 9.17) is 10.8 Å². The first-order valence-corrected chi connectivity index (χ1v) is 4.49. The molecule has 0 aliphatic heterocycles. The van der Waals surface area contributed by atoms with Crippen molar-refractivity contribution in [1.29, 1.82) is 0 Å². The number of primary amides is 1. The highest BCUT2D eigenvalue weighted by molar-refractivity contribution is 5.82. The predicted octanol–water partition coefficient (Wildman–Crippen LogP) is 0.202. The van der Waals surface area contributed by atoms with Gasteiger partial charge in [0.1, 0.15) is 12.4 Å². The number of hydrogen-bond donors (Lipinski definition) is 2. The average Bonchev–Trinajstić information content (AvgIpc) is 2.15. The Bertz CT molecular complexity index is 393. The molecular weight excluding hydrogens is 215 g/mol. The maximum absolute atomic E-state index is 12.9. The fraction of sp³-hybridized carbons (Fsp3) is 0.200. The summed E-state index contributed by atoms with van der Waals surface area (Å²) in [6.45, 7) is -0.678. The second kappa shape index (κ2) is 5.11. The molecule has 0 fully saturated rings. The summed E-state index contributed by atoms with van der Waals surface area (Å²) in [4.78, 5) is 22.5. The van der Waals surface area contributed by atoms with Gasteiger partial charge in [0, 0.05) is 5.69 Å². The Labute approximate surface area is 91.3 Å². The quantitative estimate of drug-likeness (QED) is 0.751. The van der Waals surface area contributed by atoms with Crippen LogP contribution in [0.4, 0.5) is 10.1 Å². The van der Waals surface area contributed by atoms with Crippen molar-refractivity contribution < 1.29 is 19.1 Å². The highest BCUT2D eigenvalue weighted by atomic mass is 19.1. The number of halogens is 1. The van der Waals surface area contributed by atoms with Crippen LogP contribution >= 0.6 is 0 Å². The molecule has 0 aliphatic rings. The van der Waals surface area contributed by atoms with Crippen LogP contribution < -0.4 is 10.6 Å². The van der Waals surface area contributed by atoms with E-state index in [-0.39, 0.29) is 6.54 Å². The molecule has 0 saturated heterocycles. The minimum Gasteiger partial charge on any atom is -0.480 e. The number of nitrogens with zero attached hydrogens (tertiary/aromatic N) is 1. The maximum atomic E-state index is 12.9. The summed E-state index contributed by atoms with van der Waals surface area (Å²) >= 11 is 0. The number of carbonyl (C=O) groups is 2. The van der Waals surface area contributed by atoms with Crippen LogP contribution in [-0.4, -0.2) is 30.1 Å². The number of rotatable bonds is 5. The number of benzene rings is 1. The molecule has 0 radical (unpaired) electrons. The van der Waals surface area contributed by atoms with Gasteiger partial charge in [0.05, 0.1) is 6.54 Å². The van der Waals surface area contributed by atoms with Crippen LogP contribution in [-0.2, 0) is 9.59 Å². The summed E-state index contributed by atoms with van der Waals surface area (Å²) in [6.07, 6.45) is 0. The molecular formula is C10H11FN2O3. The van der Waals surface area contributed by atoms with Crippen LogP contribution in [0, 0.1) is 5.82 Å². The molecule has 16 heavy (non-hydrogen) atoms. The van der Waals surface area contributed by atoms with Gasteiger partial charge in [0.15, 0.2) is 0 Å². The van der Waals surface area contributed by atoms with Gasteiger partial charge in [-0.15, -0.1) is 0 Å². The Balaban J connectivity index is 2.90. The Morgan fingerprint density at radius 1 is 1.38 bits per heavy atom. The second-order valence-corrected chi connectivity index (χ2v) is 3.20. The van der Waals surface area contributed by atoms with Gasteiger partial charge in [-0.3, -0.25) is 9.59 Å². The molecule has 1 rings (SSSR count). The zero-order chi connectivity index (χ0) is 12.1. The van der Waals surface area contributed by atoms with E-state index >= 15 is 0 Å². The van der Waals surface area contributed by atoms with Gasteiger partial charge in [-0.2, -0.15) is 0 Å². The van der Waals surface area contributed by atoms with E-state index in [1.807, 2.05) is 0 Å². The van der Waals surface area contributed by atoms with Crippen molar-refractivity contribution in [3.05, 3.63) is 30.1 Å². The first kappa shape index (κ1) is 12.0. The van der Waals surface area contributed by atoms with Crippen LogP contribution in [0.15, 0.2) is 24.3 Å². The van der Waals surface area contributed by atoms with Crippen molar-refractivity contribution in [2.75, 3.05) is 18.0 Å². The average molecular weight is 226 g/mol. The van der Waals surface area contributed by atoms with Crippen LogP contribution in [0.3, 0.4) is 0 Å². The molecule has 5 nitrogen and oxygen atoms in total. The van der Waals surface area contributed by atoms with E-state index in [0.29, 0.717) is 5.69 Å². The second-order valence-electron chi connectivity index (χ2n) is 3.20. The van der Waals surface area contributed by atoms with E-state index in [1.54, 1.807) is 0 Å². The van der Waals surface area contributed by atoms with Gasteiger partial charge in [-0.05, 0) is 18.2 Å². The number of nitrogens with two attached hydrogens (primary N) is 1. The summed E-state index contributed by atoms with van der Waals surface area (Å²) in [5.41, 5.74) is 5.28. The van der Waals surface area contributed by atoms with Gasteiger partial charge >= 0.3 is 5.97 Å². The molecule has 86 valence electrons. The Morgan fingerprint density at radius 2 is 2.06 bits per heavy atom. The normalized spacial score (nSPS) is 9.81. The summed E-state index contributed by atoms with van der Waals surface area (Å²) in [6, 6.07) is 5.31. The van der Waals surface area contributed by atoms with Gasteiger partial charge in [-0.25, -0.2) is 4.39 Å². The van der Waals surface area contributed by atoms with Crippen LogP contribution in [0.5, 0.6) is 0 Å². The number of aliphatic carboxylic acids is 1. The molecule has 6 heteroatoms. The highest BCUT2D eigenvalue weighted by Crippen LogP contribution is 2.14. The monoisotopic (exact) mass is 226 g/mol. The lowest BCUT2D eigenvalue weighted by atomic mass is 10.2. The lowest BCUT2D eigenvalue weighted by molar-refractivity contribution is -0.135. The summed E-state index contributed by atoms with van der Waals surface area (Å²) in [7, 11) is 0. The maximum Gasteiger partial charge on any atom is 0.323 e. The van der Waals surface area contributed by atoms with E-state index in [2.05, 4.69) is 0 Å². The molecule has 1 amide bonds. The van der Waals surface area contributed by atoms with Crippen LogP contribution in [0.25, 0.3) is 0 Å². The Hall–Kier alpha value is -2.11. The smallest absolute Gasteiger partial charge is 0.323 e. The molecule has 0 atom stereocenters. The fourth-order valence-corrected chi connectivity index (χ4v) is 1.26. The van der Waals surface area contributed by atoms with E-state index in [1.165, 1.54) is 23.1 Å². The molecule has 0 saturated carbocycles. The van der Waals surface area contributed by atoms with Gasteiger partial charge in [-0.1, -0.05) is 6.07 Å². The minimum absolute atomic E-state index is 0.268. The van der Waals surface area contributed by atoms with Crippen molar-refractivity contribution in [2.45, 2.75) is 0 Å². The number of amides is 1. The number of carboxylic acid groups (broad SMARTS) is 1. The molecule has 1 aromatic carbocycles. The number of carboxylic acids is 1. The molecule has 0 heterocycles. The molecule has 0 spiro atoms. The standard InChI is InChI=1S/C10H11FN2O3/c11-7-2-1-3-8(4-7)13(5-9(12)14)6-10(15)16/h1-4H,5-6H2,(H2,12,14)(H,15,16). The zero-order valence-corrected chi connectivity index (χ0v) is 8.39. The predicted molar refractivity (Wildman–Crippen MR) is 55.4 cm³/mol. The van der Waals surface area contributed by atoms with Crippen molar-refractivity contribution in [2.24, 2.45) is 5.73 Å². The van der Waals surface area contributed by atoms with Crippen molar-refractivity contribution in [1.82, 2.24) is 0 Å². The van der Waals surface area contributed by atoms with Gasteiger partial charge in [0.25, 0.3) is 0 Å². The number of carbonyl (C=O) groups excluding carboxylic acids is 1. The first-order valence-electron chi connectivity index (χ1n) is 4.49. The third kappa shape index (κ3) is 3.56. The molecule has 0 bridgehead atoms. The summed E-state index contributed by atoms with van der Waals surface area (Å²) in [5, 5.41) is 8.64. The lowest BCUT2D eigenvalue weighted by Crippen LogP contribution is -2.37. The SMILES string of the molecule is NC(=O)CN(CC(=O)O)c1cccc(F)c1.